The standard InChI is InChI=1S/C18H11F3N6O/c19-18(20,21)15-4-2-12(9-22-15)25-17(28)16-13-7-10(1-3-14(13)26-27-16)11-5-6-23-24-8-11/h1-9H,(H,25,28)(H,26,27). The van der Waals surface area contributed by atoms with E-state index in [1.165, 1.54) is 0 Å². The van der Waals surface area contributed by atoms with Crippen molar-refractivity contribution in [1.82, 2.24) is 25.4 Å². The Morgan fingerprint density at radius 2 is 1.86 bits per heavy atom. The first-order chi connectivity index (χ1) is 13.4. The van der Waals surface area contributed by atoms with Crippen molar-refractivity contribution < 1.29 is 18.0 Å². The van der Waals surface area contributed by atoms with Gasteiger partial charge in [0.05, 0.1) is 29.8 Å². The van der Waals surface area contributed by atoms with Crippen LogP contribution in [-0.2, 0) is 6.18 Å². The molecule has 0 aliphatic carbocycles. The molecule has 7 nitrogen and oxygen atoms in total. The zero-order valence-corrected chi connectivity index (χ0v) is 14.0. The van der Waals surface area contributed by atoms with E-state index < -0.39 is 17.8 Å². The predicted octanol–water partition coefficient (Wildman–Crippen LogP) is 3.69. The van der Waals surface area contributed by atoms with Crippen molar-refractivity contribution >= 4 is 22.5 Å². The number of benzene rings is 1. The first-order valence-corrected chi connectivity index (χ1v) is 8.01. The average molecular weight is 384 g/mol. The van der Waals surface area contributed by atoms with E-state index in [1.54, 1.807) is 30.6 Å². The Labute approximate surface area is 155 Å². The number of rotatable bonds is 3. The fourth-order valence-electron chi connectivity index (χ4n) is 2.65. The molecule has 0 radical (unpaired) electrons. The van der Waals surface area contributed by atoms with Crippen LogP contribution in [0.3, 0.4) is 0 Å². The van der Waals surface area contributed by atoms with Crippen molar-refractivity contribution in [3.8, 4) is 11.1 Å². The maximum Gasteiger partial charge on any atom is 0.433 e. The number of halogens is 3. The van der Waals surface area contributed by atoms with Crippen LogP contribution < -0.4 is 5.32 Å². The number of carbonyl (C=O) groups is 1. The summed E-state index contributed by atoms with van der Waals surface area (Å²) in [6, 6.07) is 9.11. The van der Waals surface area contributed by atoms with Gasteiger partial charge in [0, 0.05) is 10.9 Å². The number of anilines is 1. The monoisotopic (exact) mass is 384 g/mol. The maximum absolute atomic E-state index is 12.6. The summed E-state index contributed by atoms with van der Waals surface area (Å²) < 4.78 is 37.8. The molecule has 3 heterocycles. The van der Waals surface area contributed by atoms with Gasteiger partial charge in [0.1, 0.15) is 5.69 Å². The second-order valence-electron chi connectivity index (χ2n) is 5.85. The van der Waals surface area contributed by atoms with Crippen molar-refractivity contribution in [2.45, 2.75) is 6.18 Å². The number of hydrogen-bond acceptors (Lipinski definition) is 5. The maximum atomic E-state index is 12.6. The highest BCUT2D eigenvalue weighted by Gasteiger charge is 2.32. The summed E-state index contributed by atoms with van der Waals surface area (Å²) in [5, 5.41) is 17.4. The Morgan fingerprint density at radius 3 is 2.54 bits per heavy atom. The second kappa shape index (κ2) is 6.72. The Morgan fingerprint density at radius 1 is 1.00 bits per heavy atom. The minimum Gasteiger partial charge on any atom is -0.319 e. The highest BCUT2D eigenvalue weighted by Crippen LogP contribution is 2.28. The number of pyridine rings is 1. The van der Waals surface area contributed by atoms with Gasteiger partial charge in [-0.3, -0.25) is 9.89 Å². The molecule has 3 aromatic heterocycles. The fourth-order valence-corrected chi connectivity index (χ4v) is 2.65. The van der Waals surface area contributed by atoms with E-state index >= 15 is 0 Å². The lowest BCUT2D eigenvalue weighted by atomic mass is 10.1. The highest BCUT2D eigenvalue weighted by atomic mass is 19.4. The Balaban J connectivity index is 1.62. The lowest BCUT2D eigenvalue weighted by Gasteiger charge is -2.07. The lowest BCUT2D eigenvalue weighted by molar-refractivity contribution is -0.141. The molecule has 0 saturated carbocycles. The fraction of sp³-hybridized carbons (Fsp3) is 0.0556. The summed E-state index contributed by atoms with van der Waals surface area (Å²) in [6.45, 7) is 0. The van der Waals surface area contributed by atoms with Crippen LogP contribution in [0.15, 0.2) is 55.0 Å². The molecule has 0 spiro atoms. The topological polar surface area (TPSA) is 96.5 Å². The van der Waals surface area contributed by atoms with E-state index in [9.17, 15) is 18.0 Å². The molecule has 0 bridgehead atoms. The van der Waals surface area contributed by atoms with Crippen molar-refractivity contribution in [3.63, 3.8) is 0 Å². The lowest BCUT2D eigenvalue weighted by Crippen LogP contribution is -2.14. The molecule has 1 amide bonds. The van der Waals surface area contributed by atoms with Crippen LogP contribution in [0.2, 0.25) is 0 Å². The van der Waals surface area contributed by atoms with Gasteiger partial charge in [0.15, 0.2) is 5.69 Å². The number of amides is 1. The third-order valence-electron chi connectivity index (χ3n) is 4.01. The Hall–Kier alpha value is -3.82. The average Bonchev–Trinajstić information content (AvgIpc) is 3.12. The van der Waals surface area contributed by atoms with Crippen LogP contribution >= 0.6 is 0 Å². The minimum absolute atomic E-state index is 0.110. The summed E-state index contributed by atoms with van der Waals surface area (Å²) in [7, 11) is 0. The molecule has 0 aliphatic rings. The van der Waals surface area contributed by atoms with Gasteiger partial charge in [-0.05, 0) is 35.9 Å². The molecule has 0 atom stereocenters. The molecule has 4 aromatic rings. The molecule has 0 unspecified atom stereocenters. The molecular formula is C18H11F3N6O. The van der Waals surface area contributed by atoms with Crippen LogP contribution in [-0.4, -0.2) is 31.3 Å². The van der Waals surface area contributed by atoms with Crippen LogP contribution in [0.1, 0.15) is 16.2 Å². The van der Waals surface area contributed by atoms with Crippen LogP contribution in [0.5, 0.6) is 0 Å². The van der Waals surface area contributed by atoms with Crippen molar-refractivity contribution in [2.24, 2.45) is 0 Å². The number of H-pyrrole nitrogens is 1. The van der Waals surface area contributed by atoms with Gasteiger partial charge in [-0.1, -0.05) is 6.07 Å². The molecule has 28 heavy (non-hydrogen) atoms. The number of aromatic amines is 1. The first kappa shape index (κ1) is 17.6. The summed E-state index contributed by atoms with van der Waals surface area (Å²) in [5.74, 6) is -0.571. The van der Waals surface area contributed by atoms with E-state index in [0.717, 1.165) is 29.5 Å². The van der Waals surface area contributed by atoms with Crippen molar-refractivity contribution in [3.05, 3.63) is 66.4 Å². The van der Waals surface area contributed by atoms with Gasteiger partial charge < -0.3 is 5.32 Å². The molecule has 1 aromatic carbocycles. The zero-order valence-electron chi connectivity index (χ0n) is 14.0. The molecule has 0 fully saturated rings. The van der Waals surface area contributed by atoms with Crippen LogP contribution in [0, 0.1) is 0 Å². The SMILES string of the molecule is O=C(Nc1ccc(C(F)(F)F)nc1)c1n[nH]c2ccc(-c3ccnnc3)cc12. The van der Waals surface area contributed by atoms with Crippen LogP contribution in [0.25, 0.3) is 22.0 Å². The largest absolute Gasteiger partial charge is 0.433 e. The summed E-state index contributed by atoms with van der Waals surface area (Å²) in [6.07, 6.45) is -0.447. The summed E-state index contributed by atoms with van der Waals surface area (Å²) >= 11 is 0. The third kappa shape index (κ3) is 3.39. The van der Waals surface area contributed by atoms with Gasteiger partial charge in [0.2, 0.25) is 0 Å². The third-order valence-corrected chi connectivity index (χ3v) is 4.01. The zero-order chi connectivity index (χ0) is 19.7. The van der Waals surface area contributed by atoms with Gasteiger partial charge >= 0.3 is 6.18 Å². The molecule has 10 heteroatoms. The molecule has 140 valence electrons. The number of carbonyl (C=O) groups excluding carboxylic acids is 1. The summed E-state index contributed by atoms with van der Waals surface area (Å²) in [4.78, 5) is 15.9. The normalized spacial score (nSPS) is 11.5. The number of nitrogens with one attached hydrogen (secondary N) is 2. The quantitative estimate of drug-likeness (QED) is 0.562. The number of aromatic nitrogens is 5. The number of fused-ring (bicyclic) bond motifs is 1. The Kier molecular flexibility index (Phi) is 4.22. The van der Waals surface area contributed by atoms with Gasteiger partial charge in [0.25, 0.3) is 5.91 Å². The summed E-state index contributed by atoms with van der Waals surface area (Å²) in [5.41, 5.74) is 1.47. The van der Waals surface area contributed by atoms with E-state index in [1.807, 2.05) is 6.07 Å². The molecule has 0 aliphatic heterocycles. The molecular weight excluding hydrogens is 373 g/mol. The van der Waals surface area contributed by atoms with Crippen LogP contribution in [0.4, 0.5) is 18.9 Å². The number of hydrogen-bond donors (Lipinski definition) is 2. The number of alkyl halides is 3. The van der Waals surface area contributed by atoms with E-state index in [0.29, 0.717) is 10.9 Å². The Bertz CT molecular complexity index is 1140. The first-order valence-electron chi connectivity index (χ1n) is 8.01. The highest BCUT2D eigenvalue weighted by molar-refractivity contribution is 6.11. The molecule has 0 saturated heterocycles. The van der Waals surface area contributed by atoms with Gasteiger partial charge in [-0.2, -0.15) is 28.5 Å². The van der Waals surface area contributed by atoms with E-state index in [-0.39, 0.29) is 11.4 Å². The van der Waals surface area contributed by atoms with E-state index in [2.05, 4.69) is 30.7 Å². The van der Waals surface area contributed by atoms with Gasteiger partial charge in [-0.25, -0.2) is 4.98 Å². The molecule has 4 rings (SSSR count). The van der Waals surface area contributed by atoms with Crippen molar-refractivity contribution in [2.75, 3.05) is 5.32 Å². The predicted molar refractivity (Wildman–Crippen MR) is 94.3 cm³/mol. The van der Waals surface area contributed by atoms with Gasteiger partial charge in [-0.15, -0.1) is 0 Å². The van der Waals surface area contributed by atoms with Crippen molar-refractivity contribution in [1.29, 1.82) is 0 Å². The number of nitrogens with zero attached hydrogens (tertiary/aromatic N) is 4. The minimum atomic E-state index is -4.54. The van der Waals surface area contributed by atoms with E-state index in [4.69, 9.17) is 0 Å². The smallest absolute Gasteiger partial charge is 0.319 e. The second-order valence-corrected chi connectivity index (χ2v) is 5.85. The molecule has 2 N–H and O–H groups in total.